The smallest absolute Gasteiger partial charge is 0.295 e. The molecule has 0 atom stereocenters. The monoisotopic (exact) mass is 357 g/mol. The third-order valence-electron chi connectivity index (χ3n) is 3.74. The number of phenols is 1. The minimum absolute atomic E-state index is 0.101. The van der Waals surface area contributed by atoms with Crippen LogP contribution < -0.4 is 5.32 Å². The van der Waals surface area contributed by atoms with Crippen molar-refractivity contribution in [3.05, 3.63) is 66.2 Å². The fourth-order valence-corrected chi connectivity index (χ4v) is 3.35. The van der Waals surface area contributed by atoms with E-state index in [1.54, 1.807) is 30.3 Å². The van der Waals surface area contributed by atoms with E-state index in [9.17, 15) is 22.9 Å². The van der Waals surface area contributed by atoms with Gasteiger partial charge in [0.05, 0.1) is 12.1 Å². The molecule has 0 unspecified atom stereocenters. The minimum Gasteiger partial charge on any atom is -0.506 e. The van der Waals surface area contributed by atoms with Crippen molar-refractivity contribution in [3.8, 4) is 5.75 Å². The average molecular weight is 357 g/mol. The van der Waals surface area contributed by atoms with Gasteiger partial charge in [0, 0.05) is 16.8 Å². The van der Waals surface area contributed by atoms with Crippen LogP contribution in [-0.4, -0.2) is 24.0 Å². The lowest BCUT2D eigenvalue weighted by atomic mass is 10.1. The zero-order valence-corrected chi connectivity index (χ0v) is 13.8. The van der Waals surface area contributed by atoms with E-state index in [2.05, 4.69) is 5.32 Å². The molecule has 128 valence electrons. The molecule has 3 aromatic carbocycles. The van der Waals surface area contributed by atoms with Crippen LogP contribution in [0.2, 0.25) is 0 Å². The zero-order valence-electron chi connectivity index (χ0n) is 13.0. The maximum atomic E-state index is 12.3. The van der Waals surface area contributed by atoms with E-state index >= 15 is 0 Å². The Labute approximate surface area is 144 Å². The van der Waals surface area contributed by atoms with Gasteiger partial charge in [-0.25, -0.2) is 0 Å². The molecule has 0 radical (unpaired) electrons. The molecule has 0 heterocycles. The fraction of sp³-hybridized carbons (Fsp3) is 0.0556. The summed E-state index contributed by atoms with van der Waals surface area (Å²) in [6, 6.07) is 16.3. The van der Waals surface area contributed by atoms with E-state index in [1.165, 1.54) is 6.07 Å². The first-order valence-electron chi connectivity index (χ1n) is 7.42. The van der Waals surface area contributed by atoms with Crippen molar-refractivity contribution in [2.45, 2.75) is 11.3 Å². The van der Waals surface area contributed by atoms with Gasteiger partial charge in [-0.2, -0.15) is 8.42 Å². The van der Waals surface area contributed by atoms with Crippen LogP contribution in [0, 0.1) is 0 Å². The molecule has 0 bridgehead atoms. The largest absolute Gasteiger partial charge is 0.506 e. The van der Waals surface area contributed by atoms with Crippen molar-refractivity contribution in [2.24, 2.45) is 0 Å². The van der Waals surface area contributed by atoms with Gasteiger partial charge in [0.15, 0.2) is 0 Å². The summed E-state index contributed by atoms with van der Waals surface area (Å²) >= 11 is 0. The third kappa shape index (κ3) is 3.62. The maximum Gasteiger partial charge on any atom is 0.295 e. The topological polar surface area (TPSA) is 104 Å². The summed E-state index contributed by atoms with van der Waals surface area (Å²) in [6.07, 6.45) is 0.106. The molecular formula is C18H15NO5S. The zero-order chi connectivity index (χ0) is 18.0. The highest BCUT2D eigenvalue weighted by atomic mass is 32.2. The van der Waals surface area contributed by atoms with Crippen LogP contribution in [0.15, 0.2) is 65.6 Å². The Balaban J connectivity index is 2.02. The van der Waals surface area contributed by atoms with Crippen LogP contribution in [0.25, 0.3) is 10.8 Å². The van der Waals surface area contributed by atoms with Crippen molar-refractivity contribution in [3.63, 3.8) is 0 Å². The van der Waals surface area contributed by atoms with Gasteiger partial charge in [-0.05, 0) is 5.56 Å². The normalized spacial score (nSPS) is 11.4. The first-order valence-corrected chi connectivity index (χ1v) is 8.86. The molecule has 0 fully saturated rings. The summed E-state index contributed by atoms with van der Waals surface area (Å²) in [5, 5.41) is 13.3. The van der Waals surface area contributed by atoms with Gasteiger partial charge in [0.25, 0.3) is 10.1 Å². The Bertz CT molecular complexity index is 1050. The lowest BCUT2D eigenvalue weighted by molar-refractivity contribution is -0.115. The van der Waals surface area contributed by atoms with E-state index in [4.69, 9.17) is 0 Å². The van der Waals surface area contributed by atoms with Crippen molar-refractivity contribution >= 4 is 32.5 Å². The van der Waals surface area contributed by atoms with Gasteiger partial charge in [0.1, 0.15) is 10.6 Å². The van der Waals surface area contributed by atoms with Crippen LogP contribution in [0.3, 0.4) is 0 Å². The number of carbonyl (C=O) groups excluding carboxylic acids is 1. The summed E-state index contributed by atoms with van der Waals surface area (Å²) in [4.78, 5) is 11.9. The number of hydrogen-bond acceptors (Lipinski definition) is 4. The molecule has 0 aliphatic carbocycles. The molecule has 6 nitrogen and oxygen atoms in total. The van der Waals surface area contributed by atoms with Gasteiger partial charge < -0.3 is 10.4 Å². The number of hydrogen-bond donors (Lipinski definition) is 3. The summed E-state index contributed by atoms with van der Waals surface area (Å²) in [6.45, 7) is 0. The number of benzene rings is 3. The third-order valence-corrected chi connectivity index (χ3v) is 4.63. The number of amides is 1. The Morgan fingerprint density at radius 2 is 1.56 bits per heavy atom. The molecule has 0 aliphatic heterocycles. The molecular weight excluding hydrogens is 342 g/mol. The first-order chi connectivity index (χ1) is 11.9. The van der Waals surface area contributed by atoms with E-state index in [0.717, 1.165) is 11.6 Å². The molecule has 0 spiro atoms. The molecule has 3 rings (SSSR count). The van der Waals surface area contributed by atoms with E-state index in [-0.39, 0.29) is 23.4 Å². The number of rotatable bonds is 4. The second kappa shape index (κ2) is 6.54. The second-order valence-electron chi connectivity index (χ2n) is 5.50. The average Bonchev–Trinajstić information content (AvgIpc) is 2.57. The molecule has 0 aliphatic rings. The lowest BCUT2D eigenvalue weighted by Gasteiger charge is -2.13. The van der Waals surface area contributed by atoms with E-state index < -0.39 is 20.8 Å². The van der Waals surface area contributed by atoms with Crippen molar-refractivity contribution in [1.29, 1.82) is 0 Å². The highest BCUT2D eigenvalue weighted by molar-refractivity contribution is 7.86. The summed E-state index contributed by atoms with van der Waals surface area (Å²) in [5.41, 5.74) is 0.905. The Hall–Kier alpha value is -2.90. The molecule has 0 saturated heterocycles. The van der Waals surface area contributed by atoms with Gasteiger partial charge in [0.2, 0.25) is 5.91 Å². The predicted molar refractivity (Wildman–Crippen MR) is 94.2 cm³/mol. The number of nitrogens with one attached hydrogen (secondary N) is 1. The highest BCUT2D eigenvalue weighted by Crippen LogP contribution is 2.37. The van der Waals surface area contributed by atoms with Gasteiger partial charge in [-0.15, -0.1) is 0 Å². The molecule has 3 aromatic rings. The van der Waals surface area contributed by atoms with Crippen LogP contribution in [0.1, 0.15) is 5.56 Å². The maximum absolute atomic E-state index is 12.3. The van der Waals surface area contributed by atoms with Gasteiger partial charge >= 0.3 is 0 Å². The number of fused-ring (bicyclic) bond motifs is 1. The minimum atomic E-state index is -4.52. The fourth-order valence-electron chi connectivity index (χ4n) is 2.64. The lowest BCUT2D eigenvalue weighted by Crippen LogP contribution is -2.15. The standard InChI is InChI=1S/C18H15NO5S/c20-15-11-16(25(22,23)24)13-8-4-5-9-14(13)18(15)19-17(21)10-12-6-2-1-3-7-12/h1-9,11,20H,10H2,(H,19,21)(H,22,23,24). The summed E-state index contributed by atoms with van der Waals surface area (Å²) in [5.74, 6) is -0.793. The molecule has 1 amide bonds. The van der Waals surface area contributed by atoms with Crippen molar-refractivity contribution in [1.82, 2.24) is 0 Å². The van der Waals surface area contributed by atoms with Crippen molar-refractivity contribution < 1.29 is 22.9 Å². The second-order valence-corrected chi connectivity index (χ2v) is 6.89. The van der Waals surface area contributed by atoms with Crippen LogP contribution in [-0.2, 0) is 21.3 Å². The Morgan fingerprint density at radius 1 is 0.960 bits per heavy atom. The molecule has 7 heteroatoms. The number of carbonyl (C=O) groups is 1. The van der Waals surface area contributed by atoms with Gasteiger partial charge in [-0.3, -0.25) is 9.35 Å². The SMILES string of the molecule is O=C(Cc1ccccc1)Nc1c(O)cc(S(=O)(=O)O)c2ccccc12. The highest BCUT2D eigenvalue weighted by Gasteiger charge is 2.20. The van der Waals surface area contributed by atoms with Crippen LogP contribution in [0.5, 0.6) is 5.75 Å². The number of aromatic hydroxyl groups is 1. The van der Waals surface area contributed by atoms with Crippen LogP contribution >= 0.6 is 0 Å². The number of phenolic OH excluding ortho intramolecular Hbond substituents is 1. The predicted octanol–water partition coefficient (Wildman–Crippen LogP) is 2.97. The van der Waals surface area contributed by atoms with E-state index in [1.807, 2.05) is 18.2 Å². The summed E-state index contributed by atoms with van der Waals surface area (Å²) in [7, 11) is -4.52. The molecule has 0 aromatic heterocycles. The number of anilines is 1. The Morgan fingerprint density at radius 3 is 2.20 bits per heavy atom. The molecule has 0 saturated carbocycles. The van der Waals surface area contributed by atoms with Gasteiger partial charge in [-0.1, -0.05) is 54.6 Å². The molecule has 25 heavy (non-hydrogen) atoms. The van der Waals surface area contributed by atoms with E-state index in [0.29, 0.717) is 5.39 Å². The first kappa shape index (κ1) is 16.9. The summed E-state index contributed by atoms with van der Waals surface area (Å²) < 4.78 is 32.4. The van der Waals surface area contributed by atoms with Crippen LogP contribution in [0.4, 0.5) is 5.69 Å². The Kier molecular flexibility index (Phi) is 4.43. The molecule has 3 N–H and O–H groups in total. The quantitative estimate of drug-likeness (QED) is 0.492. The van der Waals surface area contributed by atoms with Crippen molar-refractivity contribution in [2.75, 3.05) is 5.32 Å².